The number of carbonyl (C=O) groups excluding carboxylic acids is 3. The van der Waals surface area contributed by atoms with Crippen LogP contribution in [0.1, 0.15) is 49.4 Å². The van der Waals surface area contributed by atoms with Crippen molar-refractivity contribution in [2.75, 3.05) is 32.7 Å². The molecule has 1 N–H and O–H groups in total. The molecule has 2 heterocycles. The van der Waals surface area contributed by atoms with Crippen LogP contribution in [0.2, 0.25) is 0 Å². The largest absolute Gasteiger partial charge is 0.355 e. The monoisotopic (exact) mass is 435 g/mol. The molecular weight excluding hydrogens is 406 g/mol. The van der Waals surface area contributed by atoms with Gasteiger partial charge in [-0.05, 0) is 44.7 Å². The molecule has 0 unspecified atom stereocenters. The Kier molecular flexibility index (Phi) is 7.25. The summed E-state index contributed by atoms with van der Waals surface area (Å²) in [6.07, 6.45) is 3.27. The van der Waals surface area contributed by atoms with Crippen LogP contribution in [0.5, 0.6) is 0 Å². The molecule has 2 aliphatic heterocycles. The number of ketones is 1. The van der Waals surface area contributed by atoms with Gasteiger partial charge in [0.05, 0.1) is 4.90 Å². The van der Waals surface area contributed by atoms with Crippen molar-refractivity contribution in [1.82, 2.24) is 14.5 Å². The Balaban J connectivity index is 1.46. The minimum absolute atomic E-state index is 0.0736. The number of piperidine rings is 1. The summed E-state index contributed by atoms with van der Waals surface area (Å²) >= 11 is 0. The van der Waals surface area contributed by atoms with Crippen molar-refractivity contribution in [3.63, 3.8) is 0 Å². The van der Waals surface area contributed by atoms with Gasteiger partial charge >= 0.3 is 0 Å². The second kappa shape index (κ2) is 9.70. The molecular formula is C21H29N3O5S. The number of hydrogen-bond acceptors (Lipinski definition) is 5. The first-order chi connectivity index (χ1) is 14.3. The van der Waals surface area contributed by atoms with Gasteiger partial charge in [-0.2, -0.15) is 4.31 Å². The van der Waals surface area contributed by atoms with Crippen molar-refractivity contribution in [3.05, 3.63) is 29.8 Å². The van der Waals surface area contributed by atoms with Crippen LogP contribution in [0, 0.1) is 5.92 Å². The van der Waals surface area contributed by atoms with Gasteiger partial charge in [-0.1, -0.05) is 12.1 Å². The molecule has 164 valence electrons. The summed E-state index contributed by atoms with van der Waals surface area (Å²) in [5.74, 6) is -0.414. The van der Waals surface area contributed by atoms with Crippen LogP contribution in [0.3, 0.4) is 0 Å². The molecule has 30 heavy (non-hydrogen) atoms. The van der Waals surface area contributed by atoms with E-state index in [0.717, 1.165) is 25.9 Å². The van der Waals surface area contributed by atoms with Crippen LogP contribution >= 0.6 is 0 Å². The molecule has 2 fully saturated rings. The zero-order chi connectivity index (χ0) is 21.7. The average molecular weight is 436 g/mol. The molecule has 2 saturated heterocycles. The van der Waals surface area contributed by atoms with Crippen molar-refractivity contribution in [1.29, 1.82) is 0 Å². The molecule has 0 radical (unpaired) electrons. The number of carbonyl (C=O) groups is 3. The fraction of sp³-hybridized carbons (Fsp3) is 0.571. The Morgan fingerprint density at radius 2 is 1.60 bits per heavy atom. The van der Waals surface area contributed by atoms with E-state index in [1.165, 1.54) is 35.5 Å². The molecule has 0 aliphatic carbocycles. The summed E-state index contributed by atoms with van der Waals surface area (Å²) in [6.45, 7) is 3.88. The number of hydrogen-bond donors (Lipinski definition) is 1. The van der Waals surface area contributed by atoms with Gasteiger partial charge in [-0.25, -0.2) is 8.42 Å². The molecule has 0 bridgehead atoms. The lowest BCUT2D eigenvalue weighted by atomic mass is 9.97. The van der Waals surface area contributed by atoms with Crippen LogP contribution in [0.15, 0.2) is 29.2 Å². The van der Waals surface area contributed by atoms with E-state index in [1.54, 1.807) is 0 Å². The second-order valence-electron chi connectivity index (χ2n) is 7.89. The lowest BCUT2D eigenvalue weighted by molar-refractivity contribution is -0.130. The van der Waals surface area contributed by atoms with Crippen molar-refractivity contribution in [3.8, 4) is 0 Å². The molecule has 1 aromatic rings. The fourth-order valence-electron chi connectivity index (χ4n) is 3.93. The molecule has 8 nitrogen and oxygen atoms in total. The van der Waals surface area contributed by atoms with E-state index in [9.17, 15) is 22.8 Å². The number of likely N-dealkylation sites (tertiary alicyclic amines) is 1. The first-order valence-corrected chi connectivity index (χ1v) is 11.9. The first kappa shape index (κ1) is 22.4. The van der Waals surface area contributed by atoms with Gasteiger partial charge in [0.15, 0.2) is 5.78 Å². The average Bonchev–Trinajstić information content (AvgIpc) is 3.29. The van der Waals surface area contributed by atoms with E-state index in [-0.39, 0.29) is 41.5 Å². The Morgan fingerprint density at radius 3 is 2.17 bits per heavy atom. The topological polar surface area (TPSA) is 104 Å². The van der Waals surface area contributed by atoms with Gasteiger partial charge in [-0.3, -0.25) is 14.4 Å². The Bertz CT molecular complexity index is 884. The number of benzene rings is 1. The van der Waals surface area contributed by atoms with Crippen molar-refractivity contribution in [2.24, 2.45) is 5.92 Å². The molecule has 0 saturated carbocycles. The SMILES string of the molecule is CC(=O)c1ccc(S(=O)(=O)N2CCC(C(=O)NCCC(=O)N3CCCC3)CC2)cc1. The van der Waals surface area contributed by atoms with Gasteiger partial charge in [0.25, 0.3) is 0 Å². The molecule has 0 atom stereocenters. The minimum Gasteiger partial charge on any atom is -0.355 e. The van der Waals surface area contributed by atoms with Gasteiger partial charge in [0, 0.05) is 50.6 Å². The highest BCUT2D eigenvalue weighted by atomic mass is 32.2. The maximum Gasteiger partial charge on any atom is 0.243 e. The Labute approximate surface area is 177 Å². The summed E-state index contributed by atoms with van der Waals surface area (Å²) < 4.78 is 27.0. The van der Waals surface area contributed by atoms with E-state index in [1.807, 2.05) is 4.90 Å². The summed E-state index contributed by atoms with van der Waals surface area (Å²) in [4.78, 5) is 37.8. The van der Waals surface area contributed by atoms with E-state index in [2.05, 4.69) is 5.32 Å². The van der Waals surface area contributed by atoms with Crippen LogP contribution < -0.4 is 5.32 Å². The third-order valence-electron chi connectivity index (χ3n) is 5.82. The Morgan fingerprint density at radius 1 is 1.00 bits per heavy atom. The molecule has 9 heteroatoms. The van der Waals surface area contributed by atoms with Gasteiger partial charge in [-0.15, -0.1) is 0 Å². The summed E-state index contributed by atoms with van der Waals surface area (Å²) in [6, 6.07) is 5.92. The zero-order valence-corrected chi connectivity index (χ0v) is 18.1. The van der Waals surface area contributed by atoms with E-state index < -0.39 is 10.0 Å². The standard InChI is InChI=1S/C21H29N3O5S/c1-16(25)17-4-6-19(7-5-17)30(28,29)24-14-9-18(10-15-24)21(27)22-11-8-20(26)23-12-2-3-13-23/h4-7,18H,2-3,8-15H2,1H3,(H,22,27). The minimum atomic E-state index is -3.65. The zero-order valence-electron chi connectivity index (χ0n) is 17.3. The third-order valence-corrected chi connectivity index (χ3v) is 7.73. The molecule has 2 amide bonds. The van der Waals surface area contributed by atoms with Crippen molar-refractivity contribution >= 4 is 27.6 Å². The van der Waals surface area contributed by atoms with E-state index in [4.69, 9.17) is 0 Å². The summed E-state index contributed by atoms with van der Waals surface area (Å²) in [5, 5.41) is 2.82. The second-order valence-corrected chi connectivity index (χ2v) is 9.83. The van der Waals surface area contributed by atoms with Crippen LogP contribution in [-0.2, 0) is 19.6 Å². The molecule has 2 aliphatic rings. The van der Waals surface area contributed by atoms with Crippen molar-refractivity contribution < 1.29 is 22.8 Å². The fourth-order valence-corrected chi connectivity index (χ4v) is 5.40. The smallest absolute Gasteiger partial charge is 0.243 e. The summed E-state index contributed by atoms with van der Waals surface area (Å²) in [5.41, 5.74) is 0.465. The number of nitrogens with zero attached hydrogens (tertiary/aromatic N) is 2. The maximum absolute atomic E-state index is 12.8. The Hall–Kier alpha value is -2.26. The van der Waals surface area contributed by atoms with E-state index >= 15 is 0 Å². The lowest BCUT2D eigenvalue weighted by Crippen LogP contribution is -2.43. The number of sulfonamides is 1. The summed E-state index contributed by atoms with van der Waals surface area (Å²) in [7, 11) is -3.65. The molecule has 0 spiro atoms. The molecule has 3 rings (SSSR count). The van der Waals surface area contributed by atoms with Crippen LogP contribution in [0.4, 0.5) is 0 Å². The van der Waals surface area contributed by atoms with Crippen LogP contribution in [0.25, 0.3) is 0 Å². The predicted octanol–water partition coefficient (Wildman–Crippen LogP) is 1.42. The highest BCUT2D eigenvalue weighted by molar-refractivity contribution is 7.89. The molecule has 1 aromatic carbocycles. The number of amides is 2. The van der Waals surface area contributed by atoms with Gasteiger partial charge in [0.2, 0.25) is 21.8 Å². The quantitative estimate of drug-likeness (QED) is 0.653. The maximum atomic E-state index is 12.8. The first-order valence-electron chi connectivity index (χ1n) is 10.5. The highest BCUT2D eigenvalue weighted by Crippen LogP contribution is 2.24. The van der Waals surface area contributed by atoms with E-state index in [0.29, 0.717) is 31.4 Å². The van der Waals surface area contributed by atoms with Gasteiger partial charge in [0.1, 0.15) is 0 Å². The number of nitrogens with one attached hydrogen (secondary N) is 1. The molecule has 0 aromatic heterocycles. The number of rotatable bonds is 7. The predicted molar refractivity (Wildman–Crippen MR) is 111 cm³/mol. The lowest BCUT2D eigenvalue weighted by Gasteiger charge is -2.30. The third kappa shape index (κ3) is 5.26. The number of Topliss-reactive ketones (excluding diaryl/α,β-unsaturated/α-hetero) is 1. The van der Waals surface area contributed by atoms with Crippen LogP contribution in [-0.4, -0.2) is 67.9 Å². The van der Waals surface area contributed by atoms with Gasteiger partial charge < -0.3 is 10.2 Å². The van der Waals surface area contributed by atoms with Crippen molar-refractivity contribution in [2.45, 2.75) is 43.9 Å². The normalized spacial score (nSPS) is 18.4. The highest BCUT2D eigenvalue weighted by Gasteiger charge is 2.32.